The van der Waals surface area contributed by atoms with Gasteiger partial charge in [0.05, 0.1) is 28.1 Å². The standard InChI is InChI=1S/C28H23F3N2O4/c1-15-24(34)22-12-19(28(29,30)31)11-21(16(2)32-23-10-6-5-9-20(23)27(35)36)25(22)37-26(15)33-13-17-7-3-4-8-18(17)14-33/h3-12,16,32H,13-14H2,1-2H3,(H,35,36). The Morgan fingerprint density at radius 3 is 2.30 bits per heavy atom. The van der Waals surface area contributed by atoms with Crippen LogP contribution >= 0.6 is 0 Å². The quantitative estimate of drug-likeness (QED) is 0.320. The number of nitrogens with one attached hydrogen (secondary N) is 1. The molecule has 0 spiro atoms. The number of benzene rings is 3. The maximum Gasteiger partial charge on any atom is 0.416 e. The van der Waals surface area contributed by atoms with Gasteiger partial charge in [-0.25, -0.2) is 4.79 Å². The largest absolute Gasteiger partial charge is 0.478 e. The lowest BCUT2D eigenvalue weighted by Gasteiger charge is -2.23. The molecule has 0 amide bonds. The number of carboxylic acid groups (broad SMARTS) is 1. The van der Waals surface area contributed by atoms with Crippen LogP contribution in [0.25, 0.3) is 11.0 Å². The monoisotopic (exact) mass is 508 g/mol. The third-order valence-corrected chi connectivity index (χ3v) is 6.67. The second-order valence-electron chi connectivity index (χ2n) is 9.14. The summed E-state index contributed by atoms with van der Waals surface area (Å²) < 4.78 is 47.7. The number of fused-ring (bicyclic) bond motifs is 2. The smallest absolute Gasteiger partial charge is 0.416 e. The van der Waals surface area contributed by atoms with Crippen molar-refractivity contribution in [3.63, 3.8) is 0 Å². The normalized spacial score (nSPS) is 14.0. The number of rotatable bonds is 5. The molecule has 0 saturated carbocycles. The molecule has 5 rings (SSSR count). The third-order valence-electron chi connectivity index (χ3n) is 6.67. The van der Waals surface area contributed by atoms with Gasteiger partial charge >= 0.3 is 12.1 Å². The maximum atomic E-state index is 13.8. The van der Waals surface area contributed by atoms with Crippen molar-refractivity contribution in [2.75, 3.05) is 10.2 Å². The van der Waals surface area contributed by atoms with Crippen molar-refractivity contribution in [1.29, 1.82) is 0 Å². The number of carbonyl (C=O) groups is 1. The molecule has 3 aromatic carbocycles. The first-order valence-electron chi connectivity index (χ1n) is 11.6. The number of alkyl halides is 3. The Bertz CT molecular complexity index is 1570. The zero-order valence-corrected chi connectivity index (χ0v) is 20.0. The molecular weight excluding hydrogens is 485 g/mol. The minimum Gasteiger partial charge on any atom is -0.478 e. The van der Waals surface area contributed by atoms with Crippen LogP contribution < -0.4 is 15.6 Å². The molecular formula is C28H23F3N2O4. The molecule has 2 N–H and O–H groups in total. The maximum absolute atomic E-state index is 13.8. The molecule has 0 aliphatic carbocycles. The van der Waals surface area contributed by atoms with E-state index in [4.69, 9.17) is 4.42 Å². The molecule has 1 aliphatic rings. The lowest BCUT2D eigenvalue weighted by atomic mass is 9.99. The summed E-state index contributed by atoms with van der Waals surface area (Å²) >= 11 is 0. The van der Waals surface area contributed by atoms with Crippen molar-refractivity contribution in [2.24, 2.45) is 0 Å². The van der Waals surface area contributed by atoms with Gasteiger partial charge in [0, 0.05) is 24.3 Å². The van der Waals surface area contributed by atoms with Gasteiger partial charge in [0.25, 0.3) is 0 Å². The fourth-order valence-corrected chi connectivity index (χ4v) is 4.78. The summed E-state index contributed by atoms with van der Waals surface area (Å²) in [4.78, 5) is 26.9. The van der Waals surface area contributed by atoms with Crippen molar-refractivity contribution in [2.45, 2.75) is 39.2 Å². The van der Waals surface area contributed by atoms with Crippen molar-refractivity contribution in [3.8, 4) is 0 Å². The minimum atomic E-state index is -4.70. The van der Waals surface area contributed by atoms with Gasteiger partial charge in [-0.2, -0.15) is 13.2 Å². The number of nitrogens with zero attached hydrogens (tertiary/aromatic N) is 1. The molecule has 1 unspecified atom stereocenters. The van der Waals surface area contributed by atoms with Crippen molar-refractivity contribution >= 4 is 28.5 Å². The summed E-state index contributed by atoms with van der Waals surface area (Å²) in [5.74, 6) is -0.880. The van der Waals surface area contributed by atoms with Crippen LogP contribution in [0, 0.1) is 6.92 Å². The Labute approximate surface area is 210 Å². The van der Waals surface area contributed by atoms with Gasteiger partial charge in [0.2, 0.25) is 5.88 Å². The number of para-hydroxylation sites is 1. The highest BCUT2D eigenvalue weighted by molar-refractivity contribution is 5.94. The molecule has 1 aromatic heterocycles. The van der Waals surface area contributed by atoms with Gasteiger partial charge in [0.15, 0.2) is 5.43 Å². The lowest BCUT2D eigenvalue weighted by Crippen LogP contribution is -2.21. The van der Waals surface area contributed by atoms with E-state index < -0.39 is 29.2 Å². The molecule has 190 valence electrons. The molecule has 6 nitrogen and oxygen atoms in total. The van der Waals surface area contributed by atoms with E-state index in [0.717, 1.165) is 23.3 Å². The predicted molar refractivity (Wildman–Crippen MR) is 134 cm³/mol. The Kier molecular flexibility index (Phi) is 5.94. The SMILES string of the molecule is Cc1c(N2Cc3ccccc3C2)oc2c(C(C)Nc3ccccc3C(=O)O)cc(C(F)(F)F)cc2c1=O. The number of aromatic carboxylic acids is 1. The third kappa shape index (κ3) is 4.41. The highest BCUT2D eigenvalue weighted by Gasteiger charge is 2.34. The first-order chi connectivity index (χ1) is 17.5. The van der Waals surface area contributed by atoms with Crippen molar-refractivity contribution < 1.29 is 27.5 Å². The molecule has 0 fully saturated rings. The summed E-state index contributed by atoms with van der Waals surface area (Å²) in [7, 11) is 0. The summed E-state index contributed by atoms with van der Waals surface area (Å²) in [5.41, 5.74) is 1.19. The van der Waals surface area contributed by atoms with E-state index in [-0.39, 0.29) is 33.3 Å². The Morgan fingerprint density at radius 2 is 1.68 bits per heavy atom. The van der Waals surface area contributed by atoms with Gasteiger partial charge in [-0.05, 0) is 49.2 Å². The summed E-state index contributed by atoms with van der Waals surface area (Å²) in [6.07, 6.45) is -4.70. The number of anilines is 2. The number of carboxylic acids is 1. The zero-order chi connectivity index (χ0) is 26.5. The lowest BCUT2D eigenvalue weighted by molar-refractivity contribution is -0.137. The van der Waals surface area contributed by atoms with Crippen molar-refractivity contribution in [1.82, 2.24) is 0 Å². The zero-order valence-electron chi connectivity index (χ0n) is 20.0. The molecule has 2 heterocycles. The molecule has 0 bridgehead atoms. The predicted octanol–water partition coefficient (Wildman–Crippen LogP) is 6.51. The van der Waals surface area contributed by atoms with Gasteiger partial charge in [0.1, 0.15) is 5.58 Å². The van der Waals surface area contributed by atoms with Crippen LogP contribution in [0.15, 0.2) is 69.9 Å². The van der Waals surface area contributed by atoms with Crippen LogP contribution in [0.2, 0.25) is 0 Å². The van der Waals surface area contributed by atoms with E-state index in [2.05, 4.69) is 5.32 Å². The second kappa shape index (κ2) is 8.99. The fourth-order valence-electron chi connectivity index (χ4n) is 4.78. The minimum absolute atomic E-state index is 0.0292. The molecule has 37 heavy (non-hydrogen) atoms. The average Bonchev–Trinajstić information content (AvgIpc) is 3.29. The van der Waals surface area contributed by atoms with Crippen LogP contribution in [0.3, 0.4) is 0 Å². The van der Waals surface area contributed by atoms with E-state index in [1.807, 2.05) is 29.2 Å². The van der Waals surface area contributed by atoms with Gasteiger partial charge < -0.3 is 19.7 Å². The molecule has 9 heteroatoms. The summed E-state index contributed by atoms with van der Waals surface area (Å²) in [6.45, 7) is 4.15. The topological polar surface area (TPSA) is 82.8 Å². The number of hydrogen-bond donors (Lipinski definition) is 2. The van der Waals surface area contributed by atoms with E-state index in [1.54, 1.807) is 26.0 Å². The number of hydrogen-bond acceptors (Lipinski definition) is 5. The van der Waals surface area contributed by atoms with Crippen LogP contribution in [-0.4, -0.2) is 11.1 Å². The van der Waals surface area contributed by atoms with Gasteiger partial charge in [-0.3, -0.25) is 4.79 Å². The summed E-state index contributed by atoms with van der Waals surface area (Å²) in [5, 5.41) is 12.3. The first-order valence-corrected chi connectivity index (χ1v) is 11.6. The van der Waals surface area contributed by atoms with Crippen LogP contribution in [0.1, 0.15) is 51.1 Å². The van der Waals surface area contributed by atoms with Crippen LogP contribution in [0.5, 0.6) is 0 Å². The van der Waals surface area contributed by atoms with Crippen LogP contribution in [-0.2, 0) is 19.3 Å². The first kappa shape index (κ1) is 24.4. The molecule has 0 saturated heterocycles. The Morgan fingerprint density at radius 1 is 1.05 bits per heavy atom. The second-order valence-corrected chi connectivity index (χ2v) is 9.14. The highest BCUT2D eigenvalue weighted by atomic mass is 19.4. The Balaban J connectivity index is 1.67. The van der Waals surface area contributed by atoms with E-state index in [0.29, 0.717) is 19.0 Å². The molecule has 1 atom stereocenters. The summed E-state index contributed by atoms with van der Waals surface area (Å²) in [6, 6.07) is 14.9. The molecule has 4 aromatic rings. The number of halogens is 3. The van der Waals surface area contributed by atoms with E-state index in [9.17, 15) is 27.9 Å². The Hall–Kier alpha value is -4.27. The molecule has 0 radical (unpaired) electrons. The molecule has 1 aliphatic heterocycles. The highest BCUT2D eigenvalue weighted by Crippen LogP contribution is 2.38. The van der Waals surface area contributed by atoms with E-state index in [1.165, 1.54) is 12.1 Å². The van der Waals surface area contributed by atoms with Gasteiger partial charge in [-0.1, -0.05) is 36.4 Å². The fraction of sp³-hybridized carbons (Fsp3) is 0.214. The average molecular weight is 508 g/mol. The van der Waals surface area contributed by atoms with E-state index >= 15 is 0 Å². The van der Waals surface area contributed by atoms with Crippen molar-refractivity contribution in [3.05, 3.63) is 104 Å². The van der Waals surface area contributed by atoms with Crippen LogP contribution in [0.4, 0.5) is 24.7 Å². The van der Waals surface area contributed by atoms with Gasteiger partial charge in [-0.15, -0.1) is 0 Å².